The molecule has 0 fully saturated rings. The van der Waals surface area contributed by atoms with E-state index in [-0.39, 0.29) is 0 Å². The van der Waals surface area contributed by atoms with Crippen LogP contribution in [0.3, 0.4) is 0 Å². The number of benzene rings is 1. The third kappa shape index (κ3) is 1.08. The zero-order chi connectivity index (χ0) is 10.4. The van der Waals surface area contributed by atoms with Gasteiger partial charge in [0.1, 0.15) is 5.82 Å². The Morgan fingerprint density at radius 1 is 1.47 bits per heavy atom. The third-order valence-corrected chi connectivity index (χ3v) is 2.86. The van der Waals surface area contributed by atoms with Crippen molar-refractivity contribution in [2.75, 3.05) is 11.9 Å². The number of hydrogen-bond donors (Lipinski definition) is 2. The molecule has 76 valence electrons. The van der Waals surface area contributed by atoms with Crippen molar-refractivity contribution in [3.63, 3.8) is 0 Å². The second-order valence-corrected chi connectivity index (χ2v) is 3.83. The molecule has 1 aromatic heterocycles. The topological polar surface area (TPSA) is 53.7 Å². The van der Waals surface area contributed by atoms with Gasteiger partial charge in [0, 0.05) is 18.5 Å². The fourth-order valence-corrected chi connectivity index (χ4v) is 2.11. The Bertz CT molecular complexity index is 597. The van der Waals surface area contributed by atoms with E-state index in [1.54, 1.807) is 0 Å². The van der Waals surface area contributed by atoms with Crippen LogP contribution in [0.5, 0.6) is 0 Å². The Hall–Kier alpha value is -1.84. The van der Waals surface area contributed by atoms with Crippen LogP contribution in [0.2, 0.25) is 0 Å². The molecule has 0 amide bonds. The predicted octanol–water partition coefficient (Wildman–Crippen LogP) is 1.25. The largest absolute Gasteiger partial charge is 0.369 e. The Morgan fingerprint density at radius 2 is 2.33 bits per heavy atom. The van der Waals surface area contributed by atoms with Crippen LogP contribution >= 0.6 is 0 Å². The maximum absolute atomic E-state index is 7.84. The molecule has 0 spiro atoms. The molecule has 0 saturated carbocycles. The summed E-state index contributed by atoms with van der Waals surface area (Å²) in [7, 11) is 0. The number of anilines is 1. The van der Waals surface area contributed by atoms with Crippen LogP contribution in [0.4, 0.5) is 5.82 Å². The van der Waals surface area contributed by atoms with Gasteiger partial charge in [0.05, 0.1) is 5.52 Å². The van der Waals surface area contributed by atoms with Crippen LogP contribution in [-0.2, 0) is 6.54 Å². The van der Waals surface area contributed by atoms with E-state index in [0.29, 0.717) is 5.62 Å². The summed E-state index contributed by atoms with van der Waals surface area (Å²) < 4.78 is 1.92. The molecule has 1 aromatic carbocycles. The summed E-state index contributed by atoms with van der Waals surface area (Å²) >= 11 is 0. The van der Waals surface area contributed by atoms with Crippen molar-refractivity contribution in [2.45, 2.75) is 13.5 Å². The number of aryl methyl sites for hydroxylation is 1. The highest BCUT2D eigenvalue weighted by molar-refractivity contribution is 5.91. The average Bonchev–Trinajstić information content (AvgIpc) is 2.69. The number of nitrogens with zero attached hydrogens (tertiary/aromatic N) is 2. The molecule has 4 heteroatoms. The molecule has 2 heterocycles. The highest BCUT2D eigenvalue weighted by Gasteiger charge is 2.14. The molecule has 1 aliphatic rings. The molecule has 0 atom stereocenters. The molecule has 0 radical (unpaired) electrons. The second-order valence-electron chi connectivity index (χ2n) is 3.83. The smallest absolute Gasteiger partial charge is 0.224 e. The Morgan fingerprint density at radius 3 is 3.20 bits per heavy atom. The number of para-hydroxylation sites is 1. The Labute approximate surface area is 87.1 Å². The van der Waals surface area contributed by atoms with Gasteiger partial charge in [0.15, 0.2) is 0 Å². The fourth-order valence-electron chi connectivity index (χ4n) is 2.11. The van der Waals surface area contributed by atoms with Crippen LogP contribution in [0.15, 0.2) is 18.2 Å². The average molecular weight is 200 g/mol. The molecule has 0 saturated heterocycles. The van der Waals surface area contributed by atoms with Gasteiger partial charge in [0.2, 0.25) is 5.62 Å². The Kier molecular flexibility index (Phi) is 1.59. The maximum Gasteiger partial charge on any atom is 0.224 e. The van der Waals surface area contributed by atoms with Crippen molar-refractivity contribution < 1.29 is 0 Å². The monoisotopic (exact) mass is 200 g/mol. The van der Waals surface area contributed by atoms with E-state index < -0.39 is 0 Å². The minimum absolute atomic E-state index is 0.344. The normalized spacial score (nSPS) is 13.9. The summed E-state index contributed by atoms with van der Waals surface area (Å²) in [5.41, 5.74) is 2.40. The summed E-state index contributed by atoms with van der Waals surface area (Å²) in [5.74, 6) is 1.04. The van der Waals surface area contributed by atoms with Gasteiger partial charge >= 0.3 is 0 Å². The molecule has 4 nitrogen and oxygen atoms in total. The molecule has 2 N–H and O–H groups in total. The number of rotatable bonds is 0. The van der Waals surface area contributed by atoms with E-state index in [0.717, 1.165) is 35.4 Å². The first-order valence-corrected chi connectivity index (χ1v) is 5.06. The van der Waals surface area contributed by atoms with E-state index in [9.17, 15) is 0 Å². The van der Waals surface area contributed by atoms with Crippen LogP contribution in [0.25, 0.3) is 10.9 Å². The van der Waals surface area contributed by atoms with Gasteiger partial charge in [-0.15, -0.1) is 0 Å². The van der Waals surface area contributed by atoms with E-state index in [4.69, 9.17) is 5.41 Å². The molecule has 0 unspecified atom stereocenters. The summed E-state index contributed by atoms with van der Waals surface area (Å²) in [6.45, 7) is 3.76. The lowest BCUT2D eigenvalue weighted by atomic mass is 10.1. The number of aromatic nitrogens is 2. The lowest BCUT2D eigenvalue weighted by Crippen LogP contribution is -2.21. The summed E-state index contributed by atoms with van der Waals surface area (Å²) in [5, 5.41) is 12.3. The summed E-state index contributed by atoms with van der Waals surface area (Å²) in [6.07, 6.45) is 0. The molecular formula is C11H12N4. The van der Waals surface area contributed by atoms with Crippen molar-refractivity contribution in [1.82, 2.24) is 9.55 Å². The molecule has 3 rings (SSSR count). The van der Waals surface area contributed by atoms with Crippen LogP contribution < -0.4 is 10.9 Å². The third-order valence-electron chi connectivity index (χ3n) is 2.86. The lowest BCUT2D eigenvalue weighted by Gasteiger charge is -2.08. The maximum atomic E-state index is 7.84. The standard InChI is InChI=1S/C11H12N4/c1-7-3-2-4-8-9(7)14-11(12)15-6-5-13-10(8)15/h2-4,12-13H,5-6H2,1H3. The quantitative estimate of drug-likeness (QED) is 0.672. The zero-order valence-corrected chi connectivity index (χ0v) is 8.54. The van der Waals surface area contributed by atoms with Gasteiger partial charge in [0.25, 0.3) is 0 Å². The first-order chi connectivity index (χ1) is 7.27. The molecule has 0 bridgehead atoms. The van der Waals surface area contributed by atoms with E-state index >= 15 is 0 Å². The first kappa shape index (κ1) is 8.47. The second kappa shape index (κ2) is 2.82. The summed E-state index contributed by atoms with van der Waals surface area (Å²) in [6, 6.07) is 6.11. The van der Waals surface area contributed by atoms with Crippen molar-refractivity contribution in [3.8, 4) is 0 Å². The molecule has 15 heavy (non-hydrogen) atoms. The summed E-state index contributed by atoms with van der Waals surface area (Å²) in [4.78, 5) is 4.34. The van der Waals surface area contributed by atoms with Gasteiger partial charge in [-0.2, -0.15) is 0 Å². The lowest BCUT2D eigenvalue weighted by molar-refractivity contribution is 0.717. The fraction of sp³-hybridized carbons (Fsp3) is 0.273. The van der Waals surface area contributed by atoms with Crippen molar-refractivity contribution in [2.24, 2.45) is 0 Å². The SMILES string of the molecule is Cc1cccc2c3n(c(=N)nc12)CCN3. The van der Waals surface area contributed by atoms with Crippen molar-refractivity contribution in [3.05, 3.63) is 29.4 Å². The number of hydrogen-bond acceptors (Lipinski definition) is 3. The van der Waals surface area contributed by atoms with Gasteiger partial charge in [-0.1, -0.05) is 12.1 Å². The molecule has 1 aliphatic heterocycles. The van der Waals surface area contributed by atoms with Crippen molar-refractivity contribution >= 4 is 16.7 Å². The van der Waals surface area contributed by atoms with Crippen LogP contribution in [-0.4, -0.2) is 16.1 Å². The molecular weight excluding hydrogens is 188 g/mol. The predicted molar refractivity (Wildman–Crippen MR) is 58.8 cm³/mol. The van der Waals surface area contributed by atoms with Crippen LogP contribution in [0.1, 0.15) is 5.56 Å². The minimum atomic E-state index is 0.344. The van der Waals surface area contributed by atoms with Crippen LogP contribution in [0, 0.1) is 12.3 Å². The number of nitrogens with one attached hydrogen (secondary N) is 2. The van der Waals surface area contributed by atoms with Gasteiger partial charge in [-0.3, -0.25) is 9.98 Å². The number of fused-ring (bicyclic) bond motifs is 3. The molecule has 2 aromatic rings. The van der Waals surface area contributed by atoms with Gasteiger partial charge in [-0.05, 0) is 18.6 Å². The van der Waals surface area contributed by atoms with Gasteiger partial charge < -0.3 is 5.32 Å². The van der Waals surface area contributed by atoms with E-state index in [1.165, 1.54) is 0 Å². The van der Waals surface area contributed by atoms with Crippen molar-refractivity contribution in [1.29, 1.82) is 5.41 Å². The minimum Gasteiger partial charge on any atom is -0.369 e. The van der Waals surface area contributed by atoms with E-state index in [1.807, 2.05) is 23.6 Å². The Balaban J connectivity index is 2.54. The highest BCUT2D eigenvalue weighted by atomic mass is 15.2. The first-order valence-electron chi connectivity index (χ1n) is 5.06. The highest BCUT2D eigenvalue weighted by Crippen LogP contribution is 2.24. The zero-order valence-electron chi connectivity index (χ0n) is 8.54. The molecule has 0 aliphatic carbocycles. The van der Waals surface area contributed by atoms with E-state index in [2.05, 4.69) is 16.4 Å². The van der Waals surface area contributed by atoms with Gasteiger partial charge in [-0.25, -0.2) is 4.98 Å².